The number of nitrogens with zero attached hydrogens (tertiary/aromatic N) is 4. The van der Waals surface area contributed by atoms with Crippen molar-refractivity contribution in [3.05, 3.63) is 41.6 Å². The van der Waals surface area contributed by atoms with Crippen molar-refractivity contribution in [1.29, 1.82) is 5.26 Å². The van der Waals surface area contributed by atoms with Crippen LogP contribution in [0.1, 0.15) is 50.0 Å². The fraction of sp³-hybridized carbons (Fsp3) is 0.500. The van der Waals surface area contributed by atoms with E-state index in [1.165, 1.54) is 5.56 Å². The molecule has 0 bridgehead atoms. The third-order valence-corrected chi connectivity index (χ3v) is 6.96. The Morgan fingerprint density at radius 1 is 1.10 bits per heavy atom. The van der Waals surface area contributed by atoms with Gasteiger partial charge in [0.25, 0.3) is 5.91 Å². The van der Waals surface area contributed by atoms with Crippen LogP contribution in [0.5, 0.6) is 0 Å². The average molecular weight is 417 g/mol. The zero-order valence-electron chi connectivity index (χ0n) is 17.6. The number of fused-ring (bicyclic) bond motifs is 1. The molecular formula is C24H28N6O. The van der Waals surface area contributed by atoms with E-state index in [0.29, 0.717) is 11.8 Å². The minimum Gasteiger partial charge on any atom is -0.317 e. The van der Waals surface area contributed by atoms with Crippen LogP contribution >= 0.6 is 0 Å². The molecule has 3 heterocycles. The van der Waals surface area contributed by atoms with Gasteiger partial charge in [-0.25, -0.2) is 9.98 Å². The largest absolute Gasteiger partial charge is 0.317 e. The molecular weight excluding hydrogens is 388 g/mol. The fourth-order valence-electron chi connectivity index (χ4n) is 5.26. The molecule has 2 N–H and O–H groups in total. The average Bonchev–Trinajstić information content (AvgIpc) is 3.19. The Morgan fingerprint density at radius 3 is 2.65 bits per heavy atom. The number of amidine groups is 1. The molecule has 2 saturated heterocycles. The topological polar surface area (TPSA) is 92.9 Å². The summed E-state index contributed by atoms with van der Waals surface area (Å²) in [6.45, 7) is 2.14. The van der Waals surface area contributed by atoms with Crippen LogP contribution in [0.2, 0.25) is 0 Å². The molecule has 0 spiro atoms. The van der Waals surface area contributed by atoms with Gasteiger partial charge in [-0.1, -0.05) is 25.0 Å². The minimum absolute atomic E-state index is 0.0433. The van der Waals surface area contributed by atoms with Crippen molar-refractivity contribution in [2.24, 2.45) is 21.8 Å². The molecule has 7 nitrogen and oxygen atoms in total. The summed E-state index contributed by atoms with van der Waals surface area (Å²) in [7, 11) is 0. The van der Waals surface area contributed by atoms with Crippen LogP contribution in [-0.2, 0) is 4.79 Å². The molecule has 3 atom stereocenters. The number of hydrazine groups is 1. The highest BCUT2D eigenvalue weighted by molar-refractivity contribution is 6.12. The summed E-state index contributed by atoms with van der Waals surface area (Å²) in [5, 5.41) is 15.1. The number of piperidine rings is 1. The number of nitriles is 1. The van der Waals surface area contributed by atoms with E-state index >= 15 is 0 Å². The normalized spacial score (nSPS) is 30.0. The second-order valence-electron chi connectivity index (χ2n) is 8.82. The third-order valence-electron chi connectivity index (χ3n) is 6.96. The maximum atomic E-state index is 12.7. The molecule has 0 aromatic heterocycles. The van der Waals surface area contributed by atoms with Crippen LogP contribution in [0.3, 0.4) is 0 Å². The molecule has 4 aliphatic rings. The number of allylic oxidation sites excluding steroid dienone is 1. The quantitative estimate of drug-likeness (QED) is 0.789. The summed E-state index contributed by atoms with van der Waals surface area (Å²) >= 11 is 0. The summed E-state index contributed by atoms with van der Waals surface area (Å²) in [6.07, 6.45) is 9.75. The molecule has 31 heavy (non-hydrogen) atoms. The SMILES string of the molecule is N#C[C@H]1CCCC[C@@H]1N1NC(=Nc2ccc(C3CCNCC3)cc2)C2C(=O)N=CC=C21. The summed E-state index contributed by atoms with van der Waals surface area (Å²) in [4.78, 5) is 21.5. The number of nitrogens with one attached hydrogen (secondary N) is 2. The van der Waals surface area contributed by atoms with Gasteiger partial charge in [0.15, 0.2) is 0 Å². The smallest absolute Gasteiger partial charge is 0.262 e. The number of benzene rings is 1. The molecule has 0 radical (unpaired) electrons. The predicted octanol–water partition coefficient (Wildman–Crippen LogP) is 3.20. The van der Waals surface area contributed by atoms with E-state index in [1.807, 2.05) is 23.2 Å². The summed E-state index contributed by atoms with van der Waals surface area (Å²) in [6, 6.07) is 10.9. The Kier molecular flexibility index (Phi) is 5.56. The third kappa shape index (κ3) is 3.88. The first kappa shape index (κ1) is 20.0. The Morgan fingerprint density at radius 2 is 1.87 bits per heavy atom. The van der Waals surface area contributed by atoms with E-state index in [1.54, 1.807) is 6.21 Å². The van der Waals surface area contributed by atoms with Crippen LogP contribution in [0, 0.1) is 23.2 Å². The highest BCUT2D eigenvalue weighted by Crippen LogP contribution is 2.36. The van der Waals surface area contributed by atoms with Gasteiger partial charge in [-0.05, 0) is 68.5 Å². The van der Waals surface area contributed by atoms with E-state index in [2.05, 4.69) is 33.9 Å². The zero-order chi connectivity index (χ0) is 21.2. The first-order valence-electron chi connectivity index (χ1n) is 11.4. The Balaban J connectivity index is 1.41. The lowest BCUT2D eigenvalue weighted by molar-refractivity contribution is -0.119. The van der Waals surface area contributed by atoms with Crippen molar-refractivity contribution in [2.45, 2.75) is 50.5 Å². The van der Waals surface area contributed by atoms with Gasteiger partial charge in [-0.2, -0.15) is 5.26 Å². The first-order chi connectivity index (χ1) is 15.2. The van der Waals surface area contributed by atoms with Gasteiger partial charge in [0.1, 0.15) is 11.8 Å². The van der Waals surface area contributed by atoms with Gasteiger partial charge >= 0.3 is 0 Å². The molecule has 1 aliphatic carbocycles. The van der Waals surface area contributed by atoms with E-state index in [4.69, 9.17) is 4.99 Å². The highest BCUT2D eigenvalue weighted by atomic mass is 16.1. The molecule has 160 valence electrons. The molecule has 1 aromatic carbocycles. The van der Waals surface area contributed by atoms with Gasteiger partial charge in [0, 0.05) is 6.21 Å². The van der Waals surface area contributed by atoms with Gasteiger partial charge in [-0.15, -0.1) is 0 Å². The maximum Gasteiger partial charge on any atom is 0.262 e. The predicted molar refractivity (Wildman–Crippen MR) is 120 cm³/mol. The number of hydrogen-bond acceptors (Lipinski definition) is 5. The van der Waals surface area contributed by atoms with Gasteiger partial charge in [-0.3, -0.25) is 15.2 Å². The van der Waals surface area contributed by atoms with Crippen LogP contribution in [0.4, 0.5) is 5.69 Å². The van der Waals surface area contributed by atoms with Crippen molar-refractivity contribution in [3.63, 3.8) is 0 Å². The van der Waals surface area contributed by atoms with Crippen molar-refractivity contribution < 1.29 is 4.79 Å². The van der Waals surface area contributed by atoms with Crippen LogP contribution in [-0.4, -0.2) is 42.1 Å². The molecule has 3 fully saturated rings. The second-order valence-corrected chi connectivity index (χ2v) is 8.82. The summed E-state index contributed by atoms with van der Waals surface area (Å²) in [5.74, 6) is 0.420. The summed E-state index contributed by atoms with van der Waals surface area (Å²) < 4.78 is 0. The lowest BCUT2D eigenvalue weighted by atomic mass is 9.84. The summed E-state index contributed by atoms with van der Waals surface area (Å²) in [5.41, 5.74) is 6.41. The lowest BCUT2D eigenvalue weighted by Gasteiger charge is -2.36. The molecule has 5 rings (SSSR count). The first-order valence-corrected chi connectivity index (χ1v) is 11.4. The van der Waals surface area contributed by atoms with Gasteiger partial charge < -0.3 is 5.32 Å². The molecule has 3 aliphatic heterocycles. The lowest BCUT2D eigenvalue weighted by Crippen LogP contribution is -2.46. The van der Waals surface area contributed by atoms with E-state index < -0.39 is 5.92 Å². The van der Waals surface area contributed by atoms with E-state index in [9.17, 15) is 10.1 Å². The van der Waals surface area contributed by atoms with Gasteiger partial charge in [0.05, 0.1) is 29.4 Å². The Hall–Kier alpha value is -2.98. The number of carbonyl (C=O) groups is 1. The fourth-order valence-corrected chi connectivity index (χ4v) is 5.26. The monoisotopic (exact) mass is 416 g/mol. The number of rotatable bonds is 3. The molecule has 1 amide bonds. The molecule has 1 saturated carbocycles. The maximum absolute atomic E-state index is 12.7. The highest BCUT2D eigenvalue weighted by Gasteiger charge is 2.45. The van der Waals surface area contributed by atoms with Crippen molar-refractivity contribution in [1.82, 2.24) is 15.8 Å². The number of dihydropyridines is 1. The van der Waals surface area contributed by atoms with Crippen molar-refractivity contribution in [2.75, 3.05) is 13.1 Å². The standard InChI is InChI=1S/C24H28N6O/c25-15-18-3-1-2-4-20(18)30-21-11-14-27-24(31)22(21)23(29-30)28-19-7-5-16(6-8-19)17-9-12-26-13-10-17/h5-8,11,14,17-18,20,22,26H,1-4,9-10,12-13H2,(H,28,29)/t18-,20+,22?/m1/s1. The number of hydrogen-bond donors (Lipinski definition) is 2. The second kappa shape index (κ2) is 8.64. The Bertz CT molecular complexity index is 967. The molecule has 7 heteroatoms. The molecule has 1 aromatic rings. The van der Waals surface area contributed by atoms with Crippen molar-refractivity contribution in [3.8, 4) is 6.07 Å². The van der Waals surface area contributed by atoms with E-state index in [0.717, 1.165) is 63.0 Å². The number of aliphatic imine (C=N–C) groups is 2. The van der Waals surface area contributed by atoms with Crippen LogP contribution in [0.15, 0.2) is 46.0 Å². The van der Waals surface area contributed by atoms with Gasteiger partial charge in [0.2, 0.25) is 0 Å². The van der Waals surface area contributed by atoms with Crippen LogP contribution < -0.4 is 10.7 Å². The minimum atomic E-state index is -0.518. The number of carbonyl (C=O) groups excluding carboxylic acids is 1. The van der Waals surface area contributed by atoms with Crippen LogP contribution in [0.25, 0.3) is 0 Å². The Labute approximate surface area is 182 Å². The van der Waals surface area contributed by atoms with Crippen molar-refractivity contribution >= 4 is 23.6 Å². The number of amides is 1. The molecule has 1 unspecified atom stereocenters. The van der Waals surface area contributed by atoms with E-state index in [-0.39, 0.29) is 17.9 Å². The zero-order valence-corrected chi connectivity index (χ0v) is 17.6.